The summed E-state index contributed by atoms with van der Waals surface area (Å²) in [6.45, 7) is 6.28. The van der Waals surface area contributed by atoms with E-state index in [0.29, 0.717) is 16.9 Å². The Balaban J connectivity index is 1.73. The molecule has 7 nitrogen and oxygen atoms in total. The number of piperidine rings is 1. The molecule has 0 aliphatic carbocycles. The van der Waals surface area contributed by atoms with Crippen LogP contribution >= 0.6 is 0 Å². The standard InChI is InChI=1S/C17H22N4O3/c1-10(2)21-7-5-12(6-8-21)18-16(22)15-13-9-11(17(23)24)3-4-14(13)19-20-15/h3-4,9-10,12H,5-8H2,1-2H3,(H,18,22)(H,19,20)(H,23,24). The van der Waals surface area contributed by atoms with Crippen LogP contribution in [0.2, 0.25) is 0 Å². The molecule has 0 bridgehead atoms. The number of amides is 1. The van der Waals surface area contributed by atoms with Crippen molar-refractivity contribution in [2.75, 3.05) is 13.1 Å². The van der Waals surface area contributed by atoms with Gasteiger partial charge in [0.25, 0.3) is 5.91 Å². The Bertz CT molecular complexity index is 760. The van der Waals surface area contributed by atoms with Gasteiger partial charge in [0.2, 0.25) is 0 Å². The maximum Gasteiger partial charge on any atom is 0.335 e. The Hall–Kier alpha value is -2.41. The minimum Gasteiger partial charge on any atom is -0.478 e. The van der Waals surface area contributed by atoms with Gasteiger partial charge in [-0.1, -0.05) is 0 Å². The summed E-state index contributed by atoms with van der Waals surface area (Å²) in [4.78, 5) is 26.0. The molecule has 3 N–H and O–H groups in total. The first-order chi connectivity index (χ1) is 11.5. The van der Waals surface area contributed by atoms with Gasteiger partial charge < -0.3 is 15.3 Å². The number of carbonyl (C=O) groups is 2. The Morgan fingerprint density at radius 1 is 1.33 bits per heavy atom. The Labute approximate surface area is 140 Å². The number of nitrogens with zero attached hydrogens (tertiary/aromatic N) is 2. The van der Waals surface area contributed by atoms with Gasteiger partial charge in [-0.2, -0.15) is 5.10 Å². The monoisotopic (exact) mass is 330 g/mol. The first-order valence-electron chi connectivity index (χ1n) is 8.22. The summed E-state index contributed by atoms with van der Waals surface area (Å²) in [6.07, 6.45) is 1.82. The van der Waals surface area contributed by atoms with Gasteiger partial charge in [0.1, 0.15) is 0 Å². The number of aromatic carboxylic acids is 1. The van der Waals surface area contributed by atoms with E-state index in [4.69, 9.17) is 5.11 Å². The lowest BCUT2D eigenvalue weighted by Gasteiger charge is -2.34. The van der Waals surface area contributed by atoms with Crippen LogP contribution in [-0.2, 0) is 0 Å². The second-order valence-electron chi connectivity index (χ2n) is 6.52. The smallest absolute Gasteiger partial charge is 0.335 e. The second kappa shape index (κ2) is 6.60. The number of benzene rings is 1. The van der Waals surface area contributed by atoms with Crippen LogP contribution in [0.25, 0.3) is 10.9 Å². The number of aromatic nitrogens is 2. The zero-order chi connectivity index (χ0) is 17.3. The average Bonchev–Trinajstić information content (AvgIpc) is 2.98. The molecule has 0 unspecified atom stereocenters. The van der Waals surface area contributed by atoms with Crippen molar-refractivity contribution >= 4 is 22.8 Å². The van der Waals surface area contributed by atoms with E-state index in [2.05, 4.69) is 34.3 Å². The number of likely N-dealkylation sites (tertiary alicyclic amines) is 1. The third-order valence-corrected chi connectivity index (χ3v) is 4.62. The number of rotatable bonds is 4. The van der Waals surface area contributed by atoms with E-state index >= 15 is 0 Å². The minimum atomic E-state index is -1.02. The lowest BCUT2D eigenvalue weighted by atomic mass is 10.0. The highest BCUT2D eigenvalue weighted by Crippen LogP contribution is 2.19. The van der Waals surface area contributed by atoms with Gasteiger partial charge in [-0.05, 0) is 44.9 Å². The predicted octanol–water partition coefficient (Wildman–Crippen LogP) is 1.86. The molecule has 0 spiro atoms. The predicted molar refractivity (Wildman–Crippen MR) is 90.3 cm³/mol. The summed E-state index contributed by atoms with van der Waals surface area (Å²) >= 11 is 0. The van der Waals surface area contributed by atoms with Crippen molar-refractivity contribution in [2.45, 2.75) is 38.8 Å². The molecule has 0 atom stereocenters. The van der Waals surface area contributed by atoms with Crippen molar-refractivity contribution in [3.63, 3.8) is 0 Å². The van der Waals surface area contributed by atoms with E-state index in [1.54, 1.807) is 6.07 Å². The Morgan fingerprint density at radius 2 is 2.04 bits per heavy atom. The van der Waals surface area contributed by atoms with Crippen LogP contribution in [0.4, 0.5) is 0 Å². The van der Waals surface area contributed by atoms with Crippen LogP contribution in [0, 0.1) is 0 Å². The first-order valence-corrected chi connectivity index (χ1v) is 8.22. The van der Waals surface area contributed by atoms with Gasteiger partial charge >= 0.3 is 5.97 Å². The topological polar surface area (TPSA) is 98.3 Å². The van der Waals surface area contributed by atoms with Crippen molar-refractivity contribution in [2.24, 2.45) is 0 Å². The number of aromatic amines is 1. The first kappa shape index (κ1) is 16.4. The molecule has 1 aromatic carbocycles. The van der Waals surface area contributed by atoms with Gasteiger partial charge in [0.15, 0.2) is 5.69 Å². The van der Waals surface area contributed by atoms with E-state index in [1.807, 2.05) is 0 Å². The number of fused-ring (bicyclic) bond motifs is 1. The molecule has 7 heteroatoms. The number of nitrogens with one attached hydrogen (secondary N) is 2. The summed E-state index contributed by atoms with van der Waals surface area (Å²) in [5, 5.41) is 19.5. The highest BCUT2D eigenvalue weighted by molar-refractivity contribution is 6.06. The molecular weight excluding hydrogens is 308 g/mol. The Morgan fingerprint density at radius 3 is 2.67 bits per heavy atom. The van der Waals surface area contributed by atoms with E-state index < -0.39 is 5.97 Å². The summed E-state index contributed by atoms with van der Waals surface area (Å²) < 4.78 is 0. The maximum atomic E-state index is 12.5. The number of carboxylic acid groups (broad SMARTS) is 1. The van der Waals surface area contributed by atoms with Crippen LogP contribution in [-0.4, -0.2) is 57.3 Å². The number of hydrogen-bond donors (Lipinski definition) is 3. The summed E-state index contributed by atoms with van der Waals surface area (Å²) in [5.74, 6) is -1.28. The van der Waals surface area contributed by atoms with Crippen LogP contribution in [0.1, 0.15) is 47.5 Å². The number of carbonyl (C=O) groups excluding carboxylic acids is 1. The van der Waals surface area contributed by atoms with E-state index in [-0.39, 0.29) is 23.2 Å². The second-order valence-corrected chi connectivity index (χ2v) is 6.52. The maximum absolute atomic E-state index is 12.5. The molecule has 3 rings (SSSR count). The summed E-state index contributed by atoms with van der Waals surface area (Å²) in [6, 6.07) is 5.25. The van der Waals surface area contributed by atoms with Gasteiger partial charge in [-0.15, -0.1) is 0 Å². The number of H-pyrrole nitrogens is 1. The highest BCUT2D eigenvalue weighted by atomic mass is 16.4. The zero-order valence-electron chi connectivity index (χ0n) is 13.9. The molecule has 0 radical (unpaired) electrons. The van der Waals surface area contributed by atoms with Gasteiger partial charge in [-0.3, -0.25) is 9.89 Å². The van der Waals surface area contributed by atoms with E-state index in [9.17, 15) is 9.59 Å². The van der Waals surface area contributed by atoms with Crippen LogP contribution < -0.4 is 5.32 Å². The summed E-state index contributed by atoms with van der Waals surface area (Å²) in [7, 11) is 0. The van der Waals surface area contributed by atoms with Crippen molar-refractivity contribution in [3.05, 3.63) is 29.5 Å². The van der Waals surface area contributed by atoms with Crippen LogP contribution in [0.3, 0.4) is 0 Å². The molecule has 24 heavy (non-hydrogen) atoms. The molecule has 1 aliphatic rings. The molecule has 128 valence electrons. The van der Waals surface area contributed by atoms with Crippen LogP contribution in [0.5, 0.6) is 0 Å². The fourth-order valence-electron chi connectivity index (χ4n) is 3.13. The molecule has 1 aliphatic heterocycles. The normalized spacial score (nSPS) is 16.6. The fourth-order valence-corrected chi connectivity index (χ4v) is 3.13. The van der Waals surface area contributed by atoms with Crippen LogP contribution in [0.15, 0.2) is 18.2 Å². The highest BCUT2D eigenvalue weighted by Gasteiger charge is 2.24. The van der Waals surface area contributed by atoms with Gasteiger partial charge in [0, 0.05) is 30.6 Å². The molecule has 2 heterocycles. The van der Waals surface area contributed by atoms with Gasteiger partial charge in [0.05, 0.1) is 11.1 Å². The lowest BCUT2D eigenvalue weighted by Crippen LogP contribution is -2.46. The van der Waals surface area contributed by atoms with Crippen molar-refractivity contribution in [1.82, 2.24) is 20.4 Å². The molecule has 0 saturated carbocycles. The van der Waals surface area contributed by atoms with Gasteiger partial charge in [-0.25, -0.2) is 4.79 Å². The van der Waals surface area contributed by atoms with Crippen molar-refractivity contribution in [3.8, 4) is 0 Å². The third kappa shape index (κ3) is 3.26. The molecule has 1 saturated heterocycles. The van der Waals surface area contributed by atoms with E-state index in [1.165, 1.54) is 12.1 Å². The number of hydrogen-bond acceptors (Lipinski definition) is 4. The average molecular weight is 330 g/mol. The molecular formula is C17H22N4O3. The molecule has 1 aromatic heterocycles. The zero-order valence-corrected chi connectivity index (χ0v) is 13.9. The SMILES string of the molecule is CC(C)N1CCC(NC(=O)c2n[nH]c3ccc(C(=O)O)cc23)CC1. The minimum absolute atomic E-state index is 0.127. The molecule has 1 amide bonds. The molecule has 2 aromatic rings. The quantitative estimate of drug-likeness (QED) is 0.795. The van der Waals surface area contributed by atoms with E-state index in [0.717, 1.165) is 25.9 Å². The lowest BCUT2D eigenvalue weighted by molar-refractivity contribution is 0.0696. The van der Waals surface area contributed by atoms with Crippen molar-refractivity contribution in [1.29, 1.82) is 0 Å². The fraction of sp³-hybridized carbons (Fsp3) is 0.471. The Kier molecular flexibility index (Phi) is 4.53. The van der Waals surface area contributed by atoms with Crippen molar-refractivity contribution < 1.29 is 14.7 Å². The third-order valence-electron chi connectivity index (χ3n) is 4.62. The number of carboxylic acids is 1. The largest absolute Gasteiger partial charge is 0.478 e. The summed E-state index contributed by atoms with van der Waals surface area (Å²) in [5.41, 5.74) is 1.04. The molecule has 1 fully saturated rings.